The third kappa shape index (κ3) is 2.07. The highest BCUT2D eigenvalue weighted by Gasteiger charge is 2.31. The third-order valence-corrected chi connectivity index (χ3v) is 2.92. The monoisotopic (exact) mass is 222 g/mol. The first kappa shape index (κ1) is 11.1. The van der Waals surface area contributed by atoms with Crippen LogP contribution in [0.5, 0.6) is 0 Å². The van der Waals surface area contributed by atoms with E-state index in [1.807, 2.05) is 7.05 Å². The maximum Gasteiger partial charge on any atom is 0.254 e. The number of hydrogen-bond donors (Lipinski definition) is 1. The first-order chi connectivity index (χ1) is 7.72. The highest BCUT2D eigenvalue weighted by atomic mass is 19.1. The summed E-state index contributed by atoms with van der Waals surface area (Å²) in [7, 11) is 1.86. The molecule has 2 rings (SSSR count). The average Bonchev–Trinajstić information content (AvgIpc) is 2.24. The van der Waals surface area contributed by atoms with E-state index in [2.05, 4.69) is 5.32 Å². The van der Waals surface area contributed by atoms with E-state index in [1.54, 1.807) is 17.0 Å². The molecule has 4 heteroatoms. The molecule has 1 fully saturated rings. The number of rotatable bonds is 3. The molecular formula is C12H15FN2O. The lowest BCUT2D eigenvalue weighted by atomic mass is 10.0. The number of benzene rings is 1. The van der Waals surface area contributed by atoms with Gasteiger partial charge in [-0.05, 0) is 31.7 Å². The van der Waals surface area contributed by atoms with Gasteiger partial charge in [0.05, 0.1) is 0 Å². The van der Waals surface area contributed by atoms with Crippen LogP contribution in [0, 0.1) is 5.82 Å². The zero-order valence-corrected chi connectivity index (χ0v) is 9.24. The van der Waals surface area contributed by atoms with Gasteiger partial charge < -0.3 is 10.2 Å². The summed E-state index contributed by atoms with van der Waals surface area (Å²) in [6, 6.07) is 6.10. The SMILES string of the molecule is CNCC1CCN1C(=O)c1cccc(F)c1. The summed E-state index contributed by atoms with van der Waals surface area (Å²) in [5, 5.41) is 3.05. The maximum atomic E-state index is 13.0. The molecule has 0 bridgehead atoms. The van der Waals surface area contributed by atoms with E-state index in [0.29, 0.717) is 5.56 Å². The largest absolute Gasteiger partial charge is 0.334 e. The lowest BCUT2D eigenvalue weighted by molar-refractivity contribution is 0.0467. The van der Waals surface area contributed by atoms with E-state index >= 15 is 0 Å². The van der Waals surface area contributed by atoms with Crippen molar-refractivity contribution in [3.8, 4) is 0 Å². The maximum absolute atomic E-state index is 13.0. The van der Waals surface area contributed by atoms with Crippen LogP contribution in [0.25, 0.3) is 0 Å². The Morgan fingerprint density at radius 3 is 3.00 bits per heavy atom. The lowest BCUT2D eigenvalue weighted by Gasteiger charge is -2.41. The van der Waals surface area contributed by atoms with Crippen molar-refractivity contribution in [1.29, 1.82) is 0 Å². The number of halogens is 1. The fourth-order valence-electron chi connectivity index (χ4n) is 1.94. The Balaban J connectivity index is 2.08. The number of nitrogens with zero attached hydrogens (tertiary/aromatic N) is 1. The second kappa shape index (κ2) is 4.61. The molecule has 1 aliphatic rings. The standard InChI is InChI=1S/C12H15FN2O/c1-14-8-11-5-6-15(11)12(16)9-3-2-4-10(13)7-9/h2-4,7,11,14H,5-6,8H2,1H3. The molecule has 0 aliphatic carbocycles. The second-order valence-electron chi connectivity index (χ2n) is 4.01. The van der Waals surface area contributed by atoms with Crippen LogP contribution in [0.4, 0.5) is 4.39 Å². The molecular weight excluding hydrogens is 207 g/mol. The lowest BCUT2D eigenvalue weighted by Crippen LogP contribution is -2.54. The minimum atomic E-state index is -0.364. The number of carbonyl (C=O) groups excluding carboxylic acids is 1. The molecule has 0 spiro atoms. The van der Waals surface area contributed by atoms with Crippen molar-refractivity contribution in [3.63, 3.8) is 0 Å². The number of likely N-dealkylation sites (N-methyl/N-ethyl adjacent to an activating group) is 1. The molecule has 1 unspecified atom stereocenters. The fourth-order valence-corrected chi connectivity index (χ4v) is 1.94. The molecule has 3 nitrogen and oxygen atoms in total. The normalized spacial score (nSPS) is 19.4. The molecule has 0 radical (unpaired) electrons. The van der Waals surface area contributed by atoms with Crippen molar-refractivity contribution >= 4 is 5.91 Å². The molecule has 1 aromatic carbocycles. The van der Waals surface area contributed by atoms with Gasteiger partial charge in [-0.15, -0.1) is 0 Å². The number of amides is 1. The summed E-state index contributed by atoms with van der Waals surface area (Å²) in [5.41, 5.74) is 0.431. The number of carbonyl (C=O) groups is 1. The van der Waals surface area contributed by atoms with Gasteiger partial charge in [-0.1, -0.05) is 6.07 Å². The van der Waals surface area contributed by atoms with E-state index in [0.717, 1.165) is 19.5 Å². The Kier molecular flexibility index (Phi) is 3.19. The quantitative estimate of drug-likeness (QED) is 0.835. The molecule has 1 N–H and O–H groups in total. The Hall–Kier alpha value is -1.42. The van der Waals surface area contributed by atoms with Crippen LogP contribution >= 0.6 is 0 Å². The Bertz CT molecular complexity index is 394. The summed E-state index contributed by atoms with van der Waals surface area (Å²) < 4.78 is 13.0. The zero-order chi connectivity index (χ0) is 11.5. The van der Waals surface area contributed by atoms with Crippen molar-refractivity contribution in [2.24, 2.45) is 0 Å². The van der Waals surface area contributed by atoms with Crippen LogP contribution in [0.3, 0.4) is 0 Å². The molecule has 1 saturated heterocycles. The van der Waals surface area contributed by atoms with Crippen LogP contribution in [-0.4, -0.2) is 37.0 Å². The highest BCUT2D eigenvalue weighted by Crippen LogP contribution is 2.20. The van der Waals surface area contributed by atoms with Crippen LogP contribution in [-0.2, 0) is 0 Å². The second-order valence-corrected chi connectivity index (χ2v) is 4.01. The van der Waals surface area contributed by atoms with Crippen molar-refractivity contribution in [2.75, 3.05) is 20.1 Å². The summed E-state index contributed by atoms with van der Waals surface area (Å²) >= 11 is 0. The minimum Gasteiger partial charge on any atom is -0.334 e. The minimum absolute atomic E-state index is 0.0778. The molecule has 1 aliphatic heterocycles. The van der Waals surface area contributed by atoms with Gasteiger partial charge in [-0.25, -0.2) is 4.39 Å². The molecule has 1 aromatic rings. The van der Waals surface area contributed by atoms with Gasteiger partial charge in [0.2, 0.25) is 0 Å². The van der Waals surface area contributed by atoms with Crippen molar-refractivity contribution in [1.82, 2.24) is 10.2 Å². The van der Waals surface area contributed by atoms with Crippen LogP contribution in [0.1, 0.15) is 16.8 Å². The molecule has 86 valence electrons. The predicted octanol–water partition coefficient (Wildman–Crippen LogP) is 1.26. The Labute approximate surface area is 94.3 Å². The van der Waals surface area contributed by atoms with E-state index in [-0.39, 0.29) is 17.8 Å². The molecule has 1 atom stereocenters. The summed E-state index contributed by atoms with van der Waals surface area (Å²) in [4.78, 5) is 13.8. The average molecular weight is 222 g/mol. The van der Waals surface area contributed by atoms with Gasteiger partial charge in [0.25, 0.3) is 5.91 Å². The molecule has 1 amide bonds. The number of nitrogens with one attached hydrogen (secondary N) is 1. The molecule has 16 heavy (non-hydrogen) atoms. The van der Waals surface area contributed by atoms with Crippen molar-refractivity contribution in [3.05, 3.63) is 35.6 Å². The number of likely N-dealkylation sites (tertiary alicyclic amines) is 1. The summed E-state index contributed by atoms with van der Waals surface area (Å²) in [6.45, 7) is 1.56. The Morgan fingerprint density at radius 2 is 2.44 bits per heavy atom. The molecule has 0 aromatic heterocycles. The Morgan fingerprint density at radius 1 is 1.62 bits per heavy atom. The summed E-state index contributed by atoms with van der Waals surface area (Å²) in [6.07, 6.45) is 1.02. The van der Waals surface area contributed by atoms with Crippen LogP contribution in [0.2, 0.25) is 0 Å². The first-order valence-electron chi connectivity index (χ1n) is 5.43. The van der Waals surface area contributed by atoms with Gasteiger partial charge >= 0.3 is 0 Å². The van der Waals surface area contributed by atoms with Gasteiger partial charge in [-0.3, -0.25) is 4.79 Å². The van der Waals surface area contributed by atoms with Crippen LogP contribution in [0.15, 0.2) is 24.3 Å². The van der Waals surface area contributed by atoms with E-state index in [1.165, 1.54) is 12.1 Å². The van der Waals surface area contributed by atoms with Gasteiger partial charge in [0.15, 0.2) is 0 Å². The molecule has 1 heterocycles. The van der Waals surface area contributed by atoms with Crippen LogP contribution < -0.4 is 5.32 Å². The van der Waals surface area contributed by atoms with Gasteiger partial charge in [0, 0.05) is 24.7 Å². The van der Waals surface area contributed by atoms with Gasteiger partial charge in [0.1, 0.15) is 5.82 Å². The molecule has 0 saturated carbocycles. The topological polar surface area (TPSA) is 32.3 Å². The fraction of sp³-hybridized carbons (Fsp3) is 0.417. The smallest absolute Gasteiger partial charge is 0.254 e. The van der Waals surface area contributed by atoms with E-state index < -0.39 is 0 Å². The van der Waals surface area contributed by atoms with Gasteiger partial charge in [-0.2, -0.15) is 0 Å². The van der Waals surface area contributed by atoms with Crippen molar-refractivity contribution < 1.29 is 9.18 Å². The highest BCUT2D eigenvalue weighted by molar-refractivity contribution is 5.94. The summed E-state index contributed by atoms with van der Waals surface area (Å²) in [5.74, 6) is -0.442. The predicted molar refractivity (Wildman–Crippen MR) is 59.8 cm³/mol. The van der Waals surface area contributed by atoms with Crippen molar-refractivity contribution in [2.45, 2.75) is 12.5 Å². The third-order valence-electron chi connectivity index (χ3n) is 2.92. The first-order valence-corrected chi connectivity index (χ1v) is 5.43. The number of hydrogen-bond acceptors (Lipinski definition) is 2. The zero-order valence-electron chi connectivity index (χ0n) is 9.24. The van der Waals surface area contributed by atoms with E-state index in [4.69, 9.17) is 0 Å². The van der Waals surface area contributed by atoms with E-state index in [9.17, 15) is 9.18 Å².